The second-order valence-electron chi connectivity index (χ2n) is 4.93. The van der Waals surface area contributed by atoms with Crippen LogP contribution in [0.25, 0.3) is 0 Å². The van der Waals surface area contributed by atoms with Crippen molar-refractivity contribution in [3.05, 3.63) is 34.3 Å². The Morgan fingerprint density at radius 2 is 2.06 bits per heavy atom. The molecular weight excluding hydrogens is 218 g/mol. The summed E-state index contributed by atoms with van der Waals surface area (Å²) >= 11 is 6.06. The maximum atomic E-state index is 9.39. The van der Waals surface area contributed by atoms with Crippen molar-refractivity contribution in [1.29, 1.82) is 5.26 Å². The van der Waals surface area contributed by atoms with Crippen LogP contribution in [-0.2, 0) is 5.41 Å². The first kappa shape index (κ1) is 11.5. The molecule has 0 bridgehead atoms. The first-order valence-corrected chi connectivity index (χ1v) is 6.18. The van der Waals surface area contributed by atoms with Crippen molar-refractivity contribution < 1.29 is 0 Å². The molecule has 0 heterocycles. The van der Waals surface area contributed by atoms with Gasteiger partial charge in [0.15, 0.2) is 0 Å². The summed E-state index contributed by atoms with van der Waals surface area (Å²) in [5.41, 5.74) is 2.17. The van der Waals surface area contributed by atoms with Crippen molar-refractivity contribution in [1.82, 2.24) is 0 Å². The highest BCUT2D eigenvalue weighted by Gasteiger charge is 2.40. The van der Waals surface area contributed by atoms with Crippen LogP contribution < -0.4 is 0 Å². The maximum absolute atomic E-state index is 9.39. The molecule has 84 valence electrons. The highest BCUT2D eigenvalue weighted by atomic mass is 35.5. The number of benzene rings is 1. The lowest BCUT2D eigenvalue weighted by atomic mass is 9.63. The van der Waals surface area contributed by atoms with Gasteiger partial charge in [-0.25, -0.2) is 0 Å². The summed E-state index contributed by atoms with van der Waals surface area (Å²) in [5.74, 6) is 0.443. The zero-order chi connectivity index (χ0) is 11.8. The quantitative estimate of drug-likeness (QED) is 0.742. The largest absolute Gasteiger partial charge is 0.197 e. The van der Waals surface area contributed by atoms with Gasteiger partial charge >= 0.3 is 0 Å². The first-order valence-electron chi connectivity index (χ1n) is 5.80. The number of nitriles is 1. The van der Waals surface area contributed by atoms with Crippen LogP contribution in [0.15, 0.2) is 18.2 Å². The maximum Gasteiger partial charge on any atom is 0.0825 e. The lowest BCUT2D eigenvalue weighted by Crippen LogP contribution is -2.33. The van der Waals surface area contributed by atoms with Gasteiger partial charge < -0.3 is 0 Å². The standard InChI is InChI=1S/C14H16ClN/c1-10(2)12-5-4-11(15)8-13(12)14(9-16)6-3-7-14/h4-5,8,10H,3,6-7H2,1-2H3. The summed E-state index contributed by atoms with van der Waals surface area (Å²) < 4.78 is 0. The first-order chi connectivity index (χ1) is 7.59. The zero-order valence-electron chi connectivity index (χ0n) is 9.76. The van der Waals surface area contributed by atoms with E-state index >= 15 is 0 Å². The van der Waals surface area contributed by atoms with Crippen LogP contribution in [0.1, 0.15) is 50.2 Å². The number of hydrogen-bond donors (Lipinski definition) is 0. The minimum absolute atomic E-state index is 0.259. The fraction of sp³-hybridized carbons (Fsp3) is 0.500. The van der Waals surface area contributed by atoms with Crippen LogP contribution in [0.5, 0.6) is 0 Å². The summed E-state index contributed by atoms with van der Waals surface area (Å²) in [6.45, 7) is 4.33. The molecule has 16 heavy (non-hydrogen) atoms. The van der Waals surface area contributed by atoms with Crippen LogP contribution in [0, 0.1) is 11.3 Å². The molecular formula is C14H16ClN. The van der Waals surface area contributed by atoms with E-state index in [1.165, 1.54) is 5.56 Å². The molecule has 0 spiro atoms. The van der Waals surface area contributed by atoms with E-state index in [1.807, 2.05) is 12.1 Å². The summed E-state index contributed by atoms with van der Waals surface area (Å²) in [6, 6.07) is 8.47. The molecule has 0 saturated heterocycles. The molecule has 0 aromatic heterocycles. The number of nitrogens with zero attached hydrogens (tertiary/aromatic N) is 1. The Kier molecular flexibility index (Phi) is 2.95. The minimum Gasteiger partial charge on any atom is -0.197 e. The minimum atomic E-state index is -0.259. The van der Waals surface area contributed by atoms with Crippen molar-refractivity contribution in [2.45, 2.75) is 44.4 Å². The van der Waals surface area contributed by atoms with Crippen LogP contribution in [-0.4, -0.2) is 0 Å². The van der Waals surface area contributed by atoms with E-state index < -0.39 is 0 Å². The van der Waals surface area contributed by atoms with E-state index in [0.717, 1.165) is 29.8 Å². The molecule has 1 aromatic rings. The van der Waals surface area contributed by atoms with Gasteiger partial charge in [-0.05, 0) is 48.4 Å². The molecule has 0 radical (unpaired) electrons. The molecule has 1 aliphatic rings. The van der Waals surface area contributed by atoms with Crippen molar-refractivity contribution >= 4 is 11.6 Å². The summed E-state index contributed by atoms with van der Waals surface area (Å²) in [4.78, 5) is 0. The Bertz CT molecular complexity index is 439. The average molecular weight is 234 g/mol. The van der Waals surface area contributed by atoms with E-state index in [4.69, 9.17) is 11.6 Å². The molecule has 2 heteroatoms. The van der Waals surface area contributed by atoms with Crippen molar-refractivity contribution in [2.24, 2.45) is 0 Å². The smallest absolute Gasteiger partial charge is 0.0825 e. The van der Waals surface area contributed by atoms with Crippen LogP contribution >= 0.6 is 11.6 Å². The zero-order valence-corrected chi connectivity index (χ0v) is 10.5. The molecule has 1 fully saturated rings. The SMILES string of the molecule is CC(C)c1ccc(Cl)cc1C1(C#N)CCC1. The third kappa shape index (κ3) is 1.72. The van der Waals surface area contributed by atoms with Gasteiger partial charge in [-0.15, -0.1) is 0 Å². The van der Waals surface area contributed by atoms with Gasteiger partial charge in [0.25, 0.3) is 0 Å². The van der Waals surface area contributed by atoms with Gasteiger partial charge in [-0.1, -0.05) is 31.5 Å². The Hall–Kier alpha value is -1.00. The molecule has 1 aromatic carbocycles. The monoisotopic (exact) mass is 233 g/mol. The van der Waals surface area contributed by atoms with Crippen molar-refractivity contribution in [3.8, 4) is 6.07 Å². The van der Waals surface area contributed by atoms with Crippen LogP contribution in [0.3, 0.4) is 0 Å². The molecule has 1 aliphatic carbocycles. The lowest BCUT2D eigenvalue weighted by Gasteiger charge is -2.37. The third-order valence-corrected chi connectivity index (χ3v) is 3.81. The van der Waals surface area contributed by atoms with Gasteiger partial charge in [-0.3, -0.25) is 0 Å². The molecule has 0 atom stereocenters. The van der Waals surface area contributed by atoms with E-state index in [2.05, 4.69) is 26.0 Å². The predicted octanol–water partition coefficient (Wildman–Crippen LogP) is 4.41. The summed E-state index contributed by atoms with van der Waals surface area (Å²) in [5, 5.41) is 10.1. The Morgan fingerprint density at radius 3 is 2.50 bits per heavy atom. The van der Waals surface area contributed by atoms with Gasteiger partial charge in [0, 0.05) is 5.02 Å². The normalized spacial score (nSPS) is 17.9. The summed E-state index contributed by atoms with van der Waals surface area (Å²) in [7, 11) is 0. The van der Waals surface area contributed by atoms with Gasteiger partial charge in [0.05, 0.1) is 11.5 Å². The number of rotatable bonds is 2. The third-order valence-electron chi connectivity index (χ3n) is 3.57. The van der Waals surface area contributed by atoms with Gasteiger partial charge in [0.2, 0.25) is 0 Å². The predicted molar refractivity (Wildman–Crippen MR) is 66.7 cm³/mol. The number of halogens is 1. The van der Waals surface area contributed by atoms with Gasteiger partial charge in [0.1, 0.15) is 0 Å². The molecule has 0 amide bonds. The second-order valence-corrected chi connectivity index (χ2v) is 5.37. The fourth-order valence-electron chi connectivity index (χ4n) is 2.42. The van der Waals surface area contributed by atoms with Gasteiger partial charge in [-0.2, -0.15) is 5.26 Å². The van der Waals surface area contributed by atoms with Crippen LogP contribution in [0.4, 0.5) is 0 Å². The molecule has 1 nitrogen and oxygen atoms in total. The van der Waals surface area contributed by atoms with E-state index in [-0.39, 0.29) is 5.41 Å². The highest BCUT2D eigenvalue weighted by molar-refractivity contribution is 6.30. The molecule has 0 unspecified atom stereocenters. The van der Waals surface area contributed by atoms with Crippen molar-refractivity contribution in [3.63, 3.8) is 0 Å². The molecule has 1 saturated carbocycles. The van der Waals surface area contributed by atoms with E-state index in [9.17, 15) is 5.26 Å². The molecule has 0 aliphatic heterocycles. The topological polar surface area (TPSA) is 23.8 Å². The number of hydrogen-bond acceptors (Lipinski definition) is 1. The fourth-order valence-corrected chi connectivity index (χ4v) is 2.59. The molecule has 2 rings (SSSR count). The lowest BCUT2D eigenvalue weighted by molar-refractivity contribution is 0.321. The van der Waals surface area contributed by atoms with Crippen molar-refractivity contribution in [2.75, 3.05) is 0 Å². The van der Waals surface area contributed by atoms with E-state index in [1.54, 1.807) is 0 Å². The Balaban J connectivity index is 2.54. The molecule has 0 N–H and O–H groups in total. The van der Waals surface area contributed by atoms with Crippen LogP contribution in [0.2, 0.25) is 5.02 Å². The summed E-state index contributed by atoms with van der Waals surface area (Å²) in [6.07, 6.45) is 3.10. The second kappa shape index (κ2) is 4.11. The highest BCUT2D eigenvalue weighted by Crippen LogP contribution is 2.46. The average Bonchev–Trinajstić information content (AvgIpc) is 2.16. The van der Waals surface area contributed by atoms with E-state index in [0.29, 0.717) is 5.92 Å². The Morgan fingerprint density at radius 1 is 1.38 bits per heavy atom. The Labute approximate surface area is 102 Å².